The highest BCUT2D eigenvalue weighted by Crippen LogP contribution is 2.34. The molecule has 0 saturated carbocycles. The van der Waals surface area contributed by atoms with E-state index >= 15 is 0 Å². The van der Waals surface area contributed by atoms with Crippen LogP contribution in [-0.4, -0.2) is 5.97 Å². The zero-order chi connectivity index (χ0) is 13.4. The summed E-state index contributed by atoms with van der Waals surface area (Å²) < 4.78 is 5.24. The summed E-state index contributed by atoms with van der Waals surface area (Å²) in [6.07, 6.45) is 1.89. The van der Waals surface area contributed by atoms with E-state index in [1.54, 1.807) is 0 Å². The Kier molecular flexibility index (Phi) is 2.71. The zero-order valence-electron chi connectivity index (χ0n) is 10.9. The first-order chi connectivity index (χ1) is 9.15. The molecule has 0 fully saturated rings. The van der Waals surface area contributed by atoms with Gasteiger partial charge in [-0.3, -0.25) is 0 Å². The van der Waals surface area contributed by atoms with Gasteiger partial charge >= 0.3 is 5.97 Å². The number of benzene rings is 2. The van der Waals surface area contributed by atoms with Gasteiger partial charge in [-0.2, -0.15) is 0 Å². The fraction of sp³-hybridized carbons (Fsp3) is 0.118. The molecular formula is C17H14O2. The minimum absolute atomic E-state index is 0.278. The predicted molar refractivity (Wildman–Crippen MR) is 75.9 cm³/mol. The third kappa shape index (κ3) is 2.06. The summed E-state index contributed by atoms with van der Waals surface area (Å²) in [4.78, 5) is 11.9. The molecule has 2 aromatic carbocycles. The van der Waals surface area contributed by atoms with Crippen LogP contribution in [0.3, 0.4) is 0 Å². The molecule has 3 rings (SSSR count). The highest BCUT2D eigenvalue weighted by molar-refractivity contribution is 6.25. The molecule has 0 amide bonds. The Hall–Kier alpha value is -2.35. The number of hydrogen-bond acceptors (Lipinski definition) is 2. The van der Waals surface area contributed by atoms with Crippen molar-refractivity contribution in [2.45, 2.75) is 13.8 Å². The van der Waals surface area contributed by atoms with E-state index in [9.17, 15) is 4.79 Å². The average Bonchev–Trinajstić information content (AvgIpc) is 2.71. The maximum absolute atomic E-state index is 11.9. The van der Waals surface area contributed by atoms with E-state index < -0.39 is 0 Å². The lowest BCUT2D eigenvalue weighted by Gasteiger charge is -2.02. The van der Waals surface area contributed by atoms with E-state index in [0.717, 1.165) is 11.1 Å². The van der Waals surface area contributed by atoms with E-state index in [1.165, 1.54) is 11.1 Å². The van der Waals surface area contributed by atoms with Gasteiger partial charge < -0.3 is 4.74 Å². The quantitative estimate of drug-likeness (QED) is 0.437. The van der Waals surface area contributed by atoms with Gasteiger partial charge in [-0.15, -0.1) is 0 Å². The van der Waals surface area contributed by atoms with Crippen LogP contribution in [0.15, 0.2) is 42.5 Å². The maximum atomic E-state index is 11.9. The van der Waals surface area contributed by atoms with E-state index in [2.05, 4.69) is 26.0 Å². The molecular weight excluding hydrogens is 236 g/mol. The second-order valence-electron chi connectivity index (χ2n) is 4.79. The molecule has 2 heteroatoms. The highest BCUT2D eigenvalue weighted by Gasteiger charge is 2.25. The Bertz CT molecular complexity index is 696. The van der Waals surface area contributed by atoms with Crippen molar-refractivity contribution in [3.63, 3.8) is 0 Å². The van der Waals surface area contributed by atoms with Gasteiger partial charge in [0.25, 0.3) is 0 Å². The Balaban J connectivity index is 2.08. The monoisotopic (exact) mass is 250 g/mol. The van der Waals surface area contributed by atoms with Crippen molar-refractivity contribution in [1.29, 1.82) is 0 Å². The van der Waals surface area contributed by atoms with E-state index in [-0.39, 0.29) is 5.97 Å². The molecule has 2 aromatic rings. The second-order valence-corrected chi connectivity index (χ2v) is 4.79. The smallest absolute Gasteiger partial charge is 0.344 e. The Morgan fingerprint density at radius 3 is 2.58 bits per heavy atom. The number of rotatable bonds is 1. The fourth-order valence-electron chi connectivity index (χ4n) is 2.20. The molecule has 0 spiro atoms. The summed E-state index contributed by atoms with van der Waals surface area (Å²) in [5.41, 5.74) is 4.97. The first kappa shape index (κ1) is 11.7. The van der Waals surface area contributed by atoms with Crippen LogP contribution in [0.1, 0.15) is 22.3 Å². The molecule has 0 N–H and O–H groups in total. The van der Waals surface area contributed by atoms with Crippen molar-refractivity contribution >= 4 is 17.6 Å². The molecule has 19 heavy (non-hydrogen) atoms. The molecule has 0 aromatic heterocycles. The first-order valence-corrected chi connectivity index (χ1v) is 6.26. The number of carbonyl (C=O) groups excluding carboxylic acids is 1. The first-order valence-electron chi connectivity index (χ1n) is 6.26. The predicted octanol–water partition coefficient (Wildman–Crippen LogP) is 3.76. The van der Waals surface area contributed by atoms with Gasteiger partial charge in [0, 0.05) is 5.56 Å². The van der Waals surface area contributed by atoms with Crippen LogP contribution in [0.5, 0.6) is 5.75 Å². The Morgan fingerprint density at radius 1 is 1.00 bits per heavy atom. The molecule has 0 unspecified atom stereocenters. The molecule has 0 radical (unpaired) electrons. The van der Waals surface area contributed by atoms with Crippen molar-refractivity contribution in [1.82, 2.24) is 0 Å². The molecule has 0 aliphatic carbocycles. The van der Waals surface area contributed by atoms with E-state index in [4.69, 9.17) is 4.74 Å². The van der Waals surface area contributed by atoms with Crippen molar-refractivity contribution in [2.75, 3.05) is 0 Å². The Morgan fingerprint density at radius 2 is 1.79 bits per heavy atom. The number of aryl methyl sites for hydroxylation is 2. The van der Waals surface area contributed by atoms with Crippen molar-refractivity contribution < 1.29 is 9.53 Å². The zero-order valence-corrected chi connectivity index (χ0v) is 10.9. The van der Waals surface area contributed by atoms with E-state index in [1.807, 2.05) is 36.4 Å². The minimum atomic E-state index is -0.278. The highest BCUT2D eigenvalue weighted by atomic mass is 16.5. The lowest BCUT2D eigenvalue weighted by atomic mass is 10.0. The minimum Gasteiger partial charge on any atom is -0.422 e. The topological polar surface area (TPSA) is 26.3 Å². The number of ether oxygens (including phenoxy) is 1. The third-order valence-electron chi connectivity index (χ3n) is 3.44. The fourth-order valence-corrected chi connectivity index (χ4v) is 2.20. The van der Waals surface area contributed by atoms with Crippen LogP contribution >= 0.6 is 0 Å². The van der Waals surface area contributed by atoms with Crippen LogP contribution in [-0.2, 0) is 4.79 Å². The number of hydrogen-bond donors (Lipinski definition) is 0. The Labute approximate surface area is 112 Å². The maximum Gasteiger partial charge on any atom is 0.344 e. The van der Waals surface area contributed by atoms with Gasteiger partial charge in [-0.25, -0.2) is 4.79 Å². The van der Waals surface area contributed by atoms with Crippen molar-refractivity contribution in [3.8, 4) is 5.75 Å². The third-order valence-corrected chi connectivity index (χ3v) is 3.44. The van der Waals surface area contributed by atoms with Gasteiger partial charge in [-0.1, -0.05) is 36.4 Å². The van der Waals surface area contributed by atoms with Crippen LogP contribution in [0.25, 0.3) is 11.6 Å². The summed E-state index contributed by atoms with van der Waals surface area (Å²) in [6, 6.07) is 13.7. The standard InChI is InChI=1S/C17H14O2/c1-11-7-8-13(9-12(11)2)10-15-14-5-3-4-6-16(14)19-17(15)18/h3-10H,1-2H3/b15-10-. The summed E-state index contributed by atoms with van der Waals surface area (Å²) >= 11 is 0. The van der Waals surface area contributed by atoms with Crippen LogP contribution in [0, 0.1) is 13.8 Å². The SMILES string of the molecule is Cc1ccc(/C=C2\C(=O)Oc3ccccc32)cc1C. The van der Waals surface area contributed by atoms with E-state index in [0.29, 0.717) is 11.3 Å². The average molecular weight is 250 g/mol. The van der Waals surface area contributed by atoms with Crippen molar-refractivity contribution in [3.05, 3.63) is 64.7 Å². The molecule has 0 saturated heterocycles. The summed E-state index contributed by atoms with van der Waals surface area (Å²) in [5.74, 6) is 0.363. The number of esters is 1. The number of para-hydroxylation sites is 1. The van der Waals surface area contributed by atoms with Crippen LogP contribution < -0.4 is 4.74 Å². The lowest BCUT2D eigenvalue weighted by molar-refractivity contribution is -0.126. The lowest BCUT2D eigenvalue weighted by Crippen LogP contribution is -2.00. The molecule has 0 bridgehead atoms. The van der Waals surface area contributed by atoms with Gasteiger partial charge in [0.15, 0.2) is 0 Å². The molecule has 0 atom stereocenters. The summed E-state index contributed by atoms with van der Waals surface area (Å²) in [6.45, 7) is 4.14. The molecule has 1 aliphatic rings. The van der Waals surface area contributed by atoms with Gasteiger partial charge in [0.2, 0.25) is 0 Å². The second kappa shape index (κ2) is 4.39. The molecule has 1 aliphatic heterocycles. The molecule has 1 heterocycles. The largest absolute Gasteiger partial charge is 0.422 e. The van der Waals surface area contributed by atoms with Crippen LogP contribution in [0.2, 0.25) is 0 Å². The number of fused-ring (bicyclic) bond motifs is 1. The summed E-state index contributed by atoms with van der Waals surface area (Å²) in [7, 11) is 0. The van der Waals surface area contributed by atoms with Gasteiger partial charge in [-0.05, 0) is 42.7 Å². The number of carbonyl (C=O) groups is 1. The van der Waals surface area contributed by atoms with Crippen molar-refractivity contribution in [2.24, 2.45) is 0 Å². The summed E-state index contributed by atoms with van der Waals surface area (Å²) in [5, 5.41) is 0. The normalized spacial score (nSPS) is 15.5. The van der Waals surface area contributed by atoms with Gasteiger partial charge in [0.1, 0.15) is 5.75 Å². The van der Waals surface area contributed by atoms with Crippen LogP contribution in [0.4, 0.5) is 0 Å². The molecule has 2 nitrogen and oxygen atoms in total. The molecule has 94 valence electrons. The van der Waals surface area contributed by atoms with Gasteiger partial charge in [0.05, 0.1) is 5.57 Å².